The van der Waals surface area contributed by atoms with E-state index in [0.717, 1.165) is 22.3 Å². The van der Waals surface area contributed by atoms with Gasteiger partial charge in [0.15, 0.2) is 0 Å². The summed E-state index contributed by atoms with van der Waals surface area (Å²) >= 11 is 9.60. The van der Waals surface area contributed by atoms with E-state index in [1.807, 2.05) is 32.9 Å². The van der Waals surface area contributed by atoms with Gasteiger partial charge in [0.1, 0.15) is 0 Å². The molecule has 0 aliphatic carbocycles. The average molecular weight is 466 g/mol. The van der Waals surface area contributed by atoms with Crippen LogP contribution in [-0.2, 0) is 24.0 Å². The summed E-state index contributed by atoms with van der Waals surface area (Å²) in [6.45, 7) is 6.75. The number of pyridine rings is 1. The molecule has 148 valence electrons. The van der Waals surface area contributed by atoms with E-state index in [9.17, 15) is 13.2 Å². The van der Waals surface area contributed by atoms with Crippen molar-refractivity contribution in [2.24, 2.45) is 0 Å². The van der Waals surface area contributed by atoms with Crippen molar-refractivity contribution in [3.05, 3.63) is 62.8 Å². The molecule has 0 amide bonds. The van der Waals surface area contributed by atoms with E-state index in [2.05, 4.69) is 20.9 Å². The van der Waals surface area contributed by atoms with E-state index in [-0.39, 0.29) is 12.1 Å². The smallest absolute Gasteiger partial charge is 0.294 e. The molecular formula is C19H21BrClF3N2O. The molecule has 1 heterocycles. The lowest BCUT2D eigenvalue weighted by Crippen LogP contribution is -2.42. The third-order valence-electron chi connectivity index (χ3n) is 3.85. The van der Waals surface area contributed by atoms with Crippen molar-refractivity contribution in [2.45, 2.75) is 45.5 Å². The topological polar surface area (TPSA) is 25.4 Å². The summed E-state index contributed by atoms with van der Waals surface area (Å²) in [4.78, 5) is 9.86. The van der Waals surface area contributed by atoms with Gasteiger partial charge in [-0.2, -0.15) is 18.2 Å². The lowest BCUT2D eigenvalue weighted by Gasteiger charge is -2.34. The van der Waals surface area contributed by atoms with Gasteiger partial charge in [0, 0.05) is 39.9 Å². The van der Waals surface area contributed by atoms with Crippen molar-refractivity contribution < 1.29 is 18.0 Å². The van der Waals surface area contributed by atoms with Crippen molar-refractivity contribution in [1.29, 1.82) is 0 Å². The first-order chi connectivity index (χ1) is 12.5. The zero-order chi connectivity index (χ0) is 20.2. The van der Waals surface area contributed by atoms with Crippen molar-refractivity contribution in [3.63, 3.8) is 0 Å². The number of nitrogens with zero attached hydrogens (tertiary/aromatic N) is 2. The normalized spacial score (nSPS) is 12.6. The van der Waals surface area contributed by atoms with Crippen LogP contribution in [0.3, 0.4) is 0 Å². The van der Waals surface area contributed by atoms with Crippen LogP contribution in [-0.4, -0.2) is 22.1 Å². The van der Waals surface area contributed by atoms with Gasteiger partial charge in [-0.25, -0.2) is 0 Å². The SMILES string of the molecule is CC(C)(C)N(CCc1ccc(C(F)(F)F)cn1)OCc1cc(Br)ccc1Cl. The maximum Gasteiger partial charge on any atom is 0.417 e. The highest BCUT2D eigenvalue weighted by molar-refractivity contribution is 9.10. The summed E-state index contributed by atoms with van der Waals surface area (Å²) in [5.74, 6) is 0. The molecule has 0 fully saturated rings. The lowest BCUT2D eigenvalue weighted by atomic mass is 10.1. The number of benzene rings is 1. The summed E-state index contributed by atoms with van der Waals surface area (Å²) in [6, 6.07) is 7.98. The summed E-state index contributed by atoms with van der Waals surface area (Å²) < 4.78 is 38.8. The van der Waals surface area contributed by atoms with Gasteiger partial charge in [0.2, 0.25) is 0 Å². The van der Waals surface area contributed by atoms with Gasteiger partial charge in [0.25, 0.3) is 0 Å². The molecule has 0 spiro atoms. The second-order valence-electron chi connectivity index (χ2n) is 7.07. The van der Waals surface area contributed by atoms with Crippen molar-refractivity contribution >= 4 is 27.5 Å². The van der Waals surface area contributed by atoms with Crippen LogP contribution in [0.5, 0.6) is 0 Å². The minimum atomic E-state index is -4.38. The molecule has 0 N–H and O–H groups in total. The van der Waals surface area contributed by atoms with E-state index in [4.69, 9.17) is 16.4 Å². The van der Waals surface area contributed by atoms with Crippen molar-refractivity contribution in [1.82, 2.24) is 10.0 Å². The third-order valence-corrected chi connectivity index (χ3v) is 4.72. The Morgan fingerprint density at radius 2 is 1.85 bits per heavy atom. The maximum atomic E-state index is 12.6. The van der Waals surface area contributed by atoms with Gasteiger partial charge in [-0.15, -0.1) is 0 Å². The van der Waals surface area contributed by atoms with Crippen LogP contribution in [0, 0.1) is 0 Å². The van der Waals surface area contributed by atoms with Crippen LogP contribution >= 0.6 is 27.5 Å². The minimum Gasteiger partial charge on any atom is -0.294 e. The van der Waals surface area contributed by atoms with Crippen LogP contribution < -0.4 is 0 Å². The van der Waals surface area contributed by atoms with E-state index in [0.29, 0.717) is 23.7 Å². The van der Waals surface area contributed by atoms with Crippen LogP contribution in [0.4, 0.5) is 13.2 Å². The molecule has 1 aromatic heterocycles. The fraction of sp³-hybridized carbons (Fsp3) is 0.421. The molecule has 0 saturated heterocycles. The molecule has 8 heteroatoms. The zero-order valence-electron chi connectivity index (χ0n) is 15.3. The van der Waals surface area contributed by atoms with E-state index < -0.39 is 11.7 Å². The molecule has 0 unspecified atom stereocenters. The van der Waals surface area contributed by atoms with Gasteiger partial charge in [-0.05, 0) is 56.7 Å². The zero-order valence-corrected chi connectivity index (χ0v) is 17.6. The summed E-state index contributed by atoms with van der Waals surface area (Å²) in [7, 11) is 0. The highest BCUT2D eigenvalue weighted by atomic mass is 79.9. The molecule has 3 nitrogen and oxygen atoms in total. The lowest BCUT2D eigenvalue weighted by molar-refractivity contribution is -0.218. The molecule has 27 heavy (non-hydrogen) atoms. The highest BCUT2D eigenvalue weighted by Gasteiger charge is 2.30. The summed E-state index contributed by atoms with van der Waals surface area (Å²) in [5.41, 5.74) is 0.360. The summed E-state index contributed by atoms with van der Waals surface area (Å²) in [5, 5.41) is 2.40. The Morgan fingerprint density at radius 3 is 2.41 bits per heavy atom. The predicted molar refractivity (Wildman–Crippen MR) is 103 cm³/mol. The standard InChI is InChI=1S/C19H21BrClF3N2O/c1-18(2,3)26(27-12-13-10-15(20)5-7-17(13)21)9-8-16-6-4-14(11-25-16)19(22,23)24/h4-7,10-11H,8-9,12H2,1-3H3. The Kier molecular flexibility index (Phi) is 7.30. The molecule has 1 aromatic carbocycles. The number of hydrogen-bond donors (Lipinski definition) is 0. The molecule has 0 radical (unpaired) electrons. The molecule has 0 bridgehead atoms. The number of halogens is 5. The van der Waals surface area contributed by atoms with Gasteiger partial charge < -0.3 is 0 Å². The first kappa shape index (κ1) is 22.1. The molecular weight excluding hydrogens is 445 g/mol. The first-order valence-corrected chi connectivity index (χ1v) is 9.50. The quantitative estimate of drug-likeness (QED) is 0.469. The largest absolute Gasteiger partial charge is 0.417 e. The van der Waals surface area contributed by atoms with Crippen molar-refractivity contribution in [2.75, 3.05) is 6.54 Å². The van der Waals surface area contributed by atoms with Crippen LogP contribution in [0.1, 0.15) is 37.6 Å². The molecule has 0 saturated carbocycles. The van der Waals surface area contributed by atoms with Crippen molar-refractivity contribution in [3.8, 4) is 0 Å². The van der Waals surface area contributed by atoms with Crippen LogP contribution in [0.2, 0.25) is 5.02 Å². The number of hydroxylamine groups is 2. The number of alkyl halides is 3. The Bertz CT molecular complexity index is 761. The van der Waals surface area contributed by atoms with Crippen LogP contribution in [0.15, 0.2) is 41.0 Å². The number of hydrogen-bond acceptors (Lipinski definition) is 3. The molecule has 0 aliphatic rings. The van der Waals surface area contributed by atoms with Gasteiger partial charge in [-0.3, -0.25) is 9.82 Å². The van der Waals surface area contributed by atoms with Gasteiger partial charge in [-0.1, -0.05) is 27.5 Å². The minimum absolute atomic E-state index is 0.288. The number of rotatable bonds is 6. The molecule has 2 aromatic rings. The molecule has 2 rings (SSSR count). The maximum absolute atomic E-state index is 12.6. The Balaban J connectivity index is 2.01. The van der Waals surface area contributed by atoms with E-state index in [1.54, 1.807) is 11.1 Å². The Morgan fingerprint density at radius 1 is 1.15 bits per heavy atom. The Labute approximate surface area is 170 Å². The second kappa shape index (κ2) is 8.90. The number of aromatic nitrogens is 1. The van der Waals surface area contributed by atoms with E-state index >= 15 is 0 Å². The van der Waals surface area contributed by atoms with E-state index in [1.165, 1.54) is 6.07 Å². The van der Waals surface area contributed by atoms with Gasteiger partial charge in [0.05, 0.1) is 12.2 Å². The Hall–Kier alpha value is -1.15. The second-order valence-corrected chi connectivity index (χ2v) is 8.39. The van der Waals surface area contributed by atoms with Gasteiger partial charge >= 0.3 is 6.18 Å². The molecule has 0 atom stereocenters. The molecule has 0 aliphatic heterocycles. The third kappa shape index (κ3) is 6.75. The first-order valence-electron chi connectivity index (χ1n) is 8.33. The van der Waals surface area contributed by atoms with Crippen LogP contribution in [0.25, 0.3) is 0 Å². The average Bonchev–Trinajstić information content (AvgIpc) is 2.56. The fourth-order valence-electron chi connectivity index (χ4n) is 2.35. The summed E-state index contributed by atoms with van der Waals surface area (Å²) in [6.07, 6.45) is -3.06. The fourth-order valence-corrected chi connectivity index (χ4v) is 2.93. The highest BCUT2D eigenvalue weighted by Crippen LogP contribution is 2.28. The predicted octanol–water partition coefficient (Wildman–Crippen LogP) is 6.29. The monoisotopic (exact) mass is 464 g/mol.